The second-order valence-electron chi connectivity index (χ2n) is 6.28. The van der Waals surface area contributed by atoms with Gasteiger partial charge in [-0.05, 0) is 36.0 Å². The first-order valence-electron chi connectivity index (χ1n) is 7.60. The van der Waals surface area contributed by atoms with Crippen molar-refractivity contribution in [3.05, 3.63) is 65.2 Å². The molecule has 0 amide bonds. The van der Waals surface area contributed by atoms with E-state index in [0.29, 0.717) is 17.7 Å². The summed E-state index contributed by atoms with van der Waals surface area (Å²) in [5, 5.41) is 0.731. The number of rotatable bonds is 3. The van der Waals surface area contributed by atoms with E-state index in [4.69, 9.17) is 11.6 Å². The highest BCUT2D eigenvalue weighted by Gasteiger charge is 2.49. The van der Waals surface area contributed by atoms with Crippen LogP contribution < -0.4 is 0 Å². The zero-order chi connectivity index (χ0) is 15.3. The molecular weight excluding hydrogens is 296 g/mol. The molecule has 1 heterocycles. The molecule has 112 valence electrons. The minimum Gasteiger partial charge on any atom is -0.332 e. The van der Waals surface area contributed by atoms with Crippen LogP contribution in [0.3, 0.4) is 0 Å². The van der Waals surface area contributed by atoms with Crippen LogP contribution in [-0.2, 0) is 7.05 Å². The van der Waals surface area contributed by atoms with Crippen molar-refractivity contribution >= 4 is 17.4 Å². The Balaban J connectivity index is 1.73. The van der Waals surface area contributed by atoms with Crippen LogP contribution in [-0.4, -0.2) is 15.3 Å². The van der Waals surface area contributed by atoms with Gasteiger partial charge < -0.3 is 4.57 Å². The third kappa shape index (κ3) is 2.03. The number of aromatic nitrogens is 2. The molecule has 3 nitrogen and oxygen atoms in total. The van der Waals surface area contributed by atoms with Gasteiger partial charge in [-0.3, -0.25) is 4.79 Å². The van der Waals surface area contributed by atoms with Crippen LogP contribution in [0.1, 0.15) is 28.5 Å². The number of hydrogen-bond donors (Lipinski definition) is 0. The van der Waals surface area contributed by atoms with Crippen LogP contribution in [0.2, 0.25) is 5.02 Å². The highest BCUT2D eigenvalue weighted by atomic mass is 35.5. The Bertz CT molecular complexity index is 747. The zero-order valence-electron chi connectivity index (χ0n) is 12.3. The van der Waals surface area contributed by atoms with Gasteiger partial charge >= 0.3 is 0 Å². The largest absolute Gasteiger partial charge is 0.332 e. The maximum atomic E-state index is 13.0. The average Bonchev–Trinajstić information content (AvgIpc) is 3.22. The van der Waals surface area contributed by atoms with Gasteiger partial charge in [0.2, 0.25) is 5.78 Å². The normalized spacial score (nSPS) is 29.2. The predicted molar refractivity (Wildman–Crippen MR) is 86.0 cm³/mol. The van der Waals surface area contributed by atoms with Crippen molar-refractivity contribution in [2.24, 2.45) is 24.8 Å². The van der Waals surface area contributed by atoms with Gasteiger partial charge in [0.05, 0.1) is 0 Å². The van der Waals surface area contributed by atoms with Crippen LogP contribution in [0.5, 0.6) is 0 Å². The Morgan fingerprint density at radius 3 is 2.64 bits per heavy atom. The number of aryl methyl sites for hydroxylation is 1. The summed E-state index contributed by atoms with van der Waals surface area (Å²) in [4.78, 5) is 17.3. The molecule has 22 heavy (non-hydrogen) atoms. The molecule has 2 aliphatic carbocycles. The van der Waals surface area contributed by atoms with Crippen LogP contribution in [0.15, 0.2) is 48.8 Å². The molecule has 2 aliphatic rings. The third-order valence-electron chi connectivity index (χ3n) is 5.06. The SMILES string of the molecule is Cn1ccnc1C(=O)[C@H]1[C@H](c2ccc(Cl)cc2)[C@H]2C=C[C@@H]1C2. The van der Waals surface area contributed by atoms with E-state index in [1.54, 1.807) is 6.20 Å². The fourth-order valence-corrected chi connectivity index (χ4v) is 4.20. The van der Waals surface area contributed by atoms with Gasteiger partial charge in [0, 0.05) is 36.3 Å². The molecule has 2 bridgehead atoms. The Morgan fingerprint density at radius 1 is 1.23 bits per heavy atom. The van der Waals surface area contributed by atoms with E-state index >= 15 is 0 Å². The third-order valence-corrected chi connectivity index (χ3v) is 5.31. The quantitative estimate of drug-likeness (QED) is 0.637. The summed E-state index contributed by atoms with van der Waals surface area (Å²) in [6.07, 6.45) is 9.06. The van der Waals surface area contributed by atoms with Crippen molar-refractivity contribution in [2.45, 2.75) is 12.3 Å². The number of fused-ring (bicyclic) bond motifs is 2. The average molecular weight is 313 g/mol. The first kappa shape index (κ1) is 13.8. The number of ketones is 1. The van der Waals surface area contributed by atoms with E-state index in [0.717, 1.165) is 11.4 Å². The van der Waals surface area contributed by atoms with E-state index in [-0.39, 0.29) is 17.6 Å². The molecule has 0 saturated heterocycles. The summed E-state index contributed by atoms with van der Waals surface area (Å²) >= 11 is 6.00. The molecule has 1 aromatic heterocycles. The molecule has 4 rings (SSSR count). The Hall–Kier alpha value is -1.87. The molecule has 4 heteroatoms. The van der Waals surface area contributed by atoms with Crippen molar-refractivity contribution in [1.82, 2.24) is 9.55 Å². The standard InChI is InChI=1S/C18H17ClN2O/c1-21-9-8-20-18(21)17(22)16-13-3-2-12(10-13)15(16)11-4-6-14(19)7-5-11/h2-9,12-13,15-16H,10H2,1H3/t12-,13+,15+,16+/m0/s1. The van der Waals surface area contributed by atoms with Gasteiger partial charge in [0.25, 0.3) is 0 Å². The van der Waals surface area contributed by atoms with Gasteiger partial charge in [-0.2, -0.15) is 0 Å². The second kappa shape index (κ2) is 5.10. The van der Waals surface area contributed by atoms with Crippen molar-refractivity contribution in [2.75, 3.05) is 0 Å². The smallest absolute Gasteiger partial charge is 0.202 e. The molecule has 1 aromatic carbocycles. The topological polar surface area (TPSA) is 34.9 Å². The van der Waals surface area contributed by atoms with Crippen LogP contribution in [0, 0.1) is 17.8 Å². The van der Waals surface area contributed by atoms with Gasteiger partial charge in [-0.1, -0.05) is 35.9 Å². The maximum absolute atomic E-state index is 13.0. The Labute approximate surface area is 134 Å². The lowest BCUT2D eigenvalue weighted by Gasteiger charge is -2.27. The minimum atomic E-state index is -0.0164. The molecule has 2 aromatic rings. The molecule has 0 radical (unpaired) electrons. The molecule has 1 saturated carbocycles. The van der Waals surface area contributed by atoms with E-state index in [2.05, 4.69) is 29.3 Å². The first-order valence-corrected chi connectivity index (χ1v) is 7.98. The number of benzene rings is 1. The van der Waals surface area contributed by atoms with Gasteiger partial charge in [-0.25, -0.2) is 4.98 Å². The second-order valence-corrected chi connectivity index (χ2v) is 6.71. The Kier molecular flexibility index (Phi) is 3.19. The number of halogens is 1. The van der Waals surface area contributed by atoms with Gasteiger partial charge in [-0.15, -0.1) is 0 Å². The van der Waals surface area contributed by atoms with Crippen LogP contribution in [0.4, 0.5) is 0 Å². The van der Waals surface area contributed by atoms with Crippen LogP contribution >= 0.6 is 11.6 Å². The predicted octanol–water partition coefficient (Wildman–Crippen LogP) is 3.86. The minimum absolute atomic E-state index is 0.0164. The monoisotopic (exact) mass is 312 g/mol. The van der Waals surface area contributed by atoms with E-state index in [9.17, 15) is 4.79 Å². The molecule has 0 spiro atoms. The molecular formula is C18H17ClN2O. The van der Waals surface area contributed by atoms with Crippen molar-refractivity contribution in [1.29, 1.82) is 0 Å². The lowest BCUT2D eigenvalue weighted by molar-refractivity contribution is 0.0872. The molecule has 4 atom stereocenters. The lowest BCUT2D eigenvalue weighted by atomic mass is 9.76. The summed E-state index contributed by atoms with van der Waals surface area (Å²) in [6.45, 7) is 0. The number of carbonyl (C=O) groups excluding carboxylic acids is 1. The molecule has 1 fully saturated rings. The highest BCUT2D eigenvalue weighted by molar-refractivity contribution is 6.30. The number of nitrogens with zero attached hydrogens (tertiary/aromatic N) is 2. The van der Waals surface area contributed by atoms with Gasteiger partial charge in [0.1, 0.15) is 0 Å². The summed E-state index contributed by atoms with van der Waals surface area (Å²) in [7, 11) is 1.88. The van der Waals surface area contributed by atoms with Crippen LogP contribution in [0.25, 0.3) is 0 Å². The number of Topliss-reactive ketones (excluding diaryl/α,β-unsaturated/α-hetero) is 1. The number of carbonyl (C=O) groups is 1. The van der Waals surface area contributed by atoms with E-state index < -0.39 is 0 Å². The van der Waals surface area contributed by atoms with Crippen molar-refractivity contribution < 1.29 is 4.79 Å². The van der Waals surface area contributed by atoms with E-state index in [1.165, 1.54) is 5.56 Å². The summed E-state index contributed by atoms with van der Waals surface area (Å²) in [6, 6.07) is 7.93. The molecule has 0 aliphatic heterocycles. The van der Waals surface area contributed by atoms with E-state index in [1.807, 2.05) is 29.9 Å². The van der Waals surface area contributed by atoms with Gasteiger partial charge in [0.15, 0.2) is 5.82 Å². The lowest BCUT2D eigenvalue weighted by Crippen LogP contribution is -2.28. The van der Waals surface area contributed by atoms with Crippen molar-refractivity contribution in [3.63, 3.8) is 0 Å². The zero-order valence-corrected chi connectivity index (χ0v) is 13.1. The Morgan fingerprint density at radius 2 is 1.95 bits per heavy atom. The summed E-state index contributed by atoms with van der Waals surface area (Å²) in [5.74, 6) is 1.71. The number of allylic oxidation sites excluding steroid dienone is 2. The highest BCUT2D eigenvalue weighted by Crippen LogP contribution is 2.53. The van der Waals surface area contributed by atoms with Crippen molar-refractivity contribution in [3.8, 4) is 0 Å². The molecule has 0 N–H and O–H groups in total. The first-order chi connectivity index (χ1) is 10.6. The summed E-state index contributed by atoms with van der Waals surface area (Å²) in [5.41, 5.74) is 1.20. The fourth-order valence-electron chi connectivity index (χ4n) is 4.07. The summed E-state index contributed by atoms with van der Waals surface area (Å²) < 4.78 is 1.82. The fraction of sp³-hybridized carbons (Fsp3) is 0.333. The number of hydrogen-bond acceptors (Lipinski definition) is 2. The molecule has 0 unspecified atom stereocenters. The maximum Gasteiger partial charge on any atom is 0.202 e. The number of imidazole rings is 1.